The molecular weight excluding hydrogens is 725 g/mol. The third-order valence-electron chi connectivity index (χ3n) is 13.3. The van der Waals surface area contributed by atoms with Gasteiger partial charge in [0.1, 0.15) is 48.5 Å². The number of aliphatic imine (C=N–C) groups is 1. The normalized spacial score (nSPS) is 25.5. The van der Waals surface area contributed by atoms with Gasteiger partial charge < -0.3 is 30.7 Å². The predicted molar refractivity (Wildman–Crippen MR) is 226 cm³/mol. The Morgan fingerprint density at radius 2 is 1.84 bits per heavy atom. The van der Waals surface area contributed by atoms with Gasteiger partial charge in [-0.15, -0.1) is 0 Å². The molecule has 0 radical (unpaired) electrons. The molecule has 58 heavy (non-hydrogen) atoms. The van der Waals surface area contributed by atoms with Crippen molar-refractivity contribution >= 4 is 17.6 Å². The summed E-state index contributed by atoms with van der Waals surface area (Å²) in [6, 6.07) is 9.86. The number of hydrogen-bond acceptors (Lipinski definition) is 8. The van der Waals surface area contributed by atoms with Crippen LogP contribution < -0.4 is 25.4 Å². The number of benzene rings is 2. The van der Waals surface area contributed by atoms with Crippen molar-refractivity contribution in [2.75, 3.05) is 6.54 Å². The van der Waals surface area contributed by atoms with Crippen LogP contribution in [0.4, 0.5) is 0 Å². The molecule has 7 atom stereocenters. The Morgan fingerprint density at radius 1 is 1.05 bits per heavy atom. The van der Waals surface area contributed by atoms with Crippen LogP contribution in [0, 0.1) is 41.1 Å². The fourth-order valence-electron chi connectivity index (χ4n) is 9.96. The van der Waals surface area contributed by atoms with Gasteiger partial charge in [0.2, 0.25) is 0 Å². The van der Waals surface area contributed by atoms with E-state index in [0.29, 0.717) is 43.7 Å². The zero-order chi connectivity index (χ0) is 40.2. The monoisotopic (exact) mass is 783 g/mol. The smallest absolute Gasteiger partial charge is 0.252 e. The Kier molecular flexibility index (Phi) is 12.2. The maximum absolute atomic E-state index is 13.8. The number of ether oxygens (including phenoxy) is 2. The number of carbonyl (C=O) groups is 1. The van der Waals surface area contributed by atoms with Gasteiger partial charge >= 0.3 is 0 Å². The largest absolute Gasteiger partial charge is 0.437 e. The number of Topliss-reactive ketones (excluding diaryl/α,β-unsaturated/α-hetero) is 1. The van der Waals surface area contributed by atoms with Crippen molar-refractivity contribution < 1.29 is 29.4 Å². The van der Waals surface area contributed by atoms with Gasteiger partial charge in [-0.3, -0.25) is 14.7 Å². The molecule has 2 aromatic carbocycles. The van der Waals surface area contributed by atoms with E-state index in [1.165, 1.54) is 0 Å². The zero-order valence-electron chi connectivity index (χ0n) is 34.1. The molecule has 2 bridgehead atoms. The van der Waals surface area contributed by atoms with E-state index in [0.717, 1.165) is 120 Å². The average Bonchev–Trinajstić information content (AvgIpc) is 3.97. The first-order chi connectivity index (χ1) is 28.3. The molecule has 9 nitrogen and oxygen atoms in total. The molecule has 0 amide bonds. The number of fused-ring (bicyclic) bond motifs is 8. The summed E-state index contributed by atoms with van der Waals surface area (Å²) in [6.07, 6.45) is 21.5. The lowest BCUT2D eigenvalue weighted by molar-refractivity contribution is -0.888. The second-order valence-electron chi connectivity index (χ2n) is 17.1. The molecular formula is C49H59N4O5+. The van der Waals surface area contributed by atoms with Gasteiger partial charge in [0, 0.05) is 25.0 Å². The van der Waals surface area contributed by atoms with Crippen LogP contribution in [0.25, 0.3) is 6.08 Å². The molecule has 1 saturated carbocycles. The van der Waals surface area contributed by atoms with E-state index in [4.69, 9.17) is 20.2 Å². The number of ketones is 1. The van der Waals surface area contributed by atoms with Gasteiger partial charge in [-0.1, -0.05) is 101 Å². The van der Waals surface area contributed by atoms with Crippen molar-refractivity contribution in [2.45, 2.75) is 135 Å². The molecule has 1 spiro atoms. The number of allylic oxidation sites excluding steroid dienone is 1. The highest BCUT2D eigenvalue weighted by Gasteiger charge is 2.51. The van der Waals surface area contributed by atoms with Crippen molar-refractivity contribution in [1.82, 2.24) is 5.32 Å². The highest BCUT2D eigenvalue weighted by molar-refractivity contribution is 6.08. The Labute approximate surface area is 343 Å². The lowest BCUT2D eigenvalue weighted by atomic mass is 9.73. The van der Waals surface area contributed by atoms with Crippen LogP contribution in [0.5, 0.6) is 11.5 Å². The quantitative estimate of drug-likeness (QED) is 0.116. The van der Waals surface area contributed by atoms with E-state index in [9.17, 15) is 15.0 Å². The molecule has 2 aromatic rings. The number of aliphatic hydroxyl groups excluding tert-OH is 2. The van der Waals surface area contributed by atoms with Crippen molar-refractivity contribution in [3.8, 4) is 35.4 Å². The van der Waals surface area contributed by atoms with E-state index in [1.807, 2.05) is 48.8 Å². The second-order valence-corrected chi connectivity index (χ2v) is 17.1. The Bertz CT molecular complexity index is 2140. The maximum Gasteiger partial charge on any atom is 0.252 e. The number of nitrogens with one attached hydrogen (secondary N) is 2. The molecule has 1 fully saturated rings. The Balaban J connectivity index is 1.13. The summed E-state index contributed by atoms with van der Waals surface area (Å²) in [5.41, 5.74) is 13.9. The standard InChI is InChI=1S/C49H58N4O5/c1-3-5-7-11-37(42(54)12-8-6-4-2)44(56)18-13-32-14-20-45-46(27-32)58-48-40(49(24-26-57-45)22-9-10-23-49)17-19-43(55)35-15-16-36-34(21-25-51-47(36)50)38(35)28-33-29-52-41-31-53(48)30-39(33)41/h14-16,20-21,25,27,29-30,37,40,42-43,47-48,51,54-55H,3-13,18,22-23,28,31,50H2,1-2H3/p+1/t37-,40+,42-,43+,47+,48+/m1/s1. The van der Waals surface area contributed by atoms with Crippen LogP contribution in [-0.2, 0) is 17.6 Å². The highest BCUT2D eigenvalue weighted by atomic mass is 16.5. The first-order valence-electron chi connectivity index (χ1n) is 21.8. The molecule has 6 aliphatic rings. The summed E-state index contributed by atoms with van der Waals surface area (Å²) in [5, 5.41) is 26.3. The first-order valence-corrected chi connectivity index (χ1v) is 21.8. The first kappa shape index (κ1) is 40.2. The van der Waals surface area contributed by atoms with Gasteiger partial charge in [0.15, 0.2) is 11.5 Å². The molecule has 1 aliphatic carbocycles. The van der Waals surface area contributed by atoms with Crippen LogP contribution in [0.3, 0.4) is 0 Å². The van der Waals surface area contributed by atoms with Crippen LogP contribution >= 0.6 is 0 Å². The van der Waals surface area contributed by atoms with Crippen molar-refractivity contribution in [3.05, 3.63) is 87.9 Å². The fourth-order valence-corrected chi connectivity index (χ4v) is 9.96. The minimum atomic E-state index is -1.04. The van der Waals surface area contributed by atoms with Crippen molar-refractivity contribution in [1.29, 1.82) is 0 Å². The van der Waals surface area contributed by atoms with E-state index >= 15 is 0 Å². The molecule has 304 valence electrons. The van der Waals surface area contributed by atoms with E-state index < -0.39 is 23.9 Å². The summed E-state index contributed by atoms with van der Waals surface area (Å²) >= 11 is 0. The number of aliphatic hydroxyl groups is 2. The maximum atomic E-state index is 13.8. The van der Waals surface area contributed by atoms with Gasteiger partial charge in [-0.2, -0.15) is 0 Å². The molecule has 1 unspecified atom stereocenters. The molecule has 8 rings (SSSR count). The second kappa shape index (κ2) is 17.7. The van der Waals surface area contributed by atoms with E-state index in [-0.39, 0.29) is 23.8 Å². The number of nitrogens with zero attached hydrogens (tertiary/aromatic N) is 1. The average molecular weight is 784 g/mol. The summed E-state index contributed by atoms with van der Waals surface area (Å²) in [5.74, 6) is 11.0. The predicted octanol–water partition coefficient (Wildman–Crippen LogP) is 6.51. The number of carbonyl (C=O) groups excluding carboxylic acids is 1. The summed E-state index contributed by atoms with van der Waals surface area (Å²) < 4.78 is 13.4. The number of aryl methyl sites for hydroxylation is 1. The van der Waals surface area contributed by atoms with E-state index in [1.54, 1.807) is 0 Å². The third kappa shape index (κ3) is 8.16. The highest BCUT2D eigenvalue weighted by Crippen LogP contribution is 2.47. The summed E-state index contributed by atoms with van der Waals surface area (Å²) in [7, 11) is 0. The van der Waals surface area contributed by atoms with Crippen LogP contribution in [0.15, 0.2) is 65.1 Å². The number of unbranched alkanes of at least 4 members (excludes halogenated alkanes) is 4. The molecule has 0 saturated heterocycles. The number of nitrogens with two attached hydrogens (primary N) is 1. The molecule has 5 heterocycles. The van der Waals surface area contributed by atoms with Gasteiger partial charge in [0.25, 0.3) is 6.23 Å². The van der Waals surface area contributed by atoms with Crippen LogP contribution in [0.1, 0.15) is 137 Å². The van der Waals surface area contributed by atoms with Gasteiger partial charge in [0.05, 0.1) is 17.1 Å². The zero-order valence-corrected chi connectivity index (χ0v) is 34.1. The van der Waals surface area contributed by atoms with Crippen molar-refractivity contribution in [3.63, 3.8) is 0 Å². The molecule has 6 N–H and O–H groups in total. The SMILES string of the molecule is CCCCC[C@@H](O)[C@@H](CCCCC)C(=O)CCc1ccc2c(c1)O[C@H]1[C@H](C#C[C@H](O)c3ccc4c(c3CC3=CN=C5C[NH+]1C=C35)C=CN[C@@H]4N)C1(C#CO2)CCCC1. The minimum Gasteiger partial charge on any atom is -0.437 e. The number of quaternary nitrogens is 1. The van der Waals surface area contributed by atoms with Gasteiger partial charge in [-0.05, 0) is 89.9 Å². The number of hydrogen-bond donors (Lipinski definition) is 5. The lowest BCUT2D eigenvalue weighted by Crippen LogP contribution is -3.13. The van der Waals surface area contributed by atoms with Crippen molar-refractivity contribution in [2.24, 2.45) is 28.0 Å². The topological polar surface area (TPSA) is 131 Å². The van der Waals surface area contributed by atoms with E-state index in [2.05, 4.69) is 49.2 Å². The number of rotatable bonds is 13. The minimum absolute atomic E-state index is 0.130. The van der Waals surface area contributed by atoms with Crippen LogP contribution in [-0.4, -0.2) is 40.6 Å². The Morgan fingerprint density at radius 3 is 2.66 bits per heavy atom. The molecule has 9 heteroatoms. The van der Waals surface area contributed by atoms with Crippen LogP contribution in [0.2, 0.25) is 0 Å². The summed E-state index contributed by atoms with van der Waals surface area (Å²) in [4.78, 5) is 19.8. The lowest BCUT2D eigenvalue weighted by Gasteiger charge is -2.36. The fraction of sp³-hybridized carbons (Fsp3) is 0.510. The summed E-state index contributed by atoms with van der Waals surface area (Å²) in [6.45, 7) is 4.95. The van der Waals surface area contributed by atoms with Gasteiger partial charge in [-0.25, -0.2) is 0 Å². The molecule has 0 aromatic heterocycles. The molecule has 5 aliphatic heterocycles. The Hall–Kier alpha value is -4.64. The third-order valence-corrected chi connectivity index (χ3v) is 13.3.